The van der Waals surface area contributed by atoms with E-state index in [0.29, 0.717) is 11.6 Å². The Bertz CT molecular complexity index is 124. The summed E-state index contributed by atoms with van der Waals surface area (Å²) in [6.45, 7) is 9.19. The van der Waals surface area contributed by atoms with Crippen molar-refractivity contribution in [3.8, 4) is 0 Å². The van der Waals surface area contributed by atoms with Crippen LogP contribution in [0.15, 0.2) is 0 Å². The molecule has 11 heavy (non-hydrogen) atoms. The molecule has 0 bridgehead atoms. The summed E-state index contributed by atoms with van der Waals surface area (Å²) in [5, 5.41) is 3.51. The second-order valence-electron chi connectivity index (χ2n) is 3.81. The third kappa shape index (κ3) is 1.42. The largest absolute Gasteiger partial charge is 0.311 e. The van der Waals surface area contributed by atoms with Crippen LogP contribution in [0.2, 0.25) is 0 Å². The molecule has 1 N–H and O–H groups in total. The van der Waals surface area contributed by atoms with E-state index in [9.17, 15) is 0 Å². The van der Waals surface area contributed by atoms with E-state index < -0.39 is 0 Å². The van der Waals surface area contributed by atoms with Crippen LogP contribution in [0, 0.1) is 0 Å². The van der Waals surface area contributed by atoms with Gasteiger partial charge in [0.2, 0.25) is 0 Å². The van der Waals surface area contributed by atoms with Gasteiger partial charge in [-0.2, -0.15) is 0 Å². The number of likely N-dealkylation sites (N-methyl/N-ethyl adjacent to an activating group) is 1. The van der Waals surface area contributed by atoms with Crippen LogP contribution in [0.4, 0.5) is 0 Å². The molecule has 2 atom stereocenters. The van der Waals surface area contributed by atoms with Gasteiger partial charge in [0.15, 0.2) is 0 Å². The van der Waals surface area contributed by atoms with Crippen LogP contribution in [0.1, 0.15) is 27.2 Å². The van der Waals surface area contributed by atoms with Gasteiger partial charge in [-0.25, -0.2) is 0 Å². The molecule has 0 saturated carbocycles. The minimum Gasteiger partial charge on any atom is -0.311 e. The van der Waals surface area contributed by atoms with Gasteiger partial charge in [-0.3, -0.25) is 4.90 Å². The Morgan fingerprint density at radius 2 is 2.27 bits per heavy atom. The van der Waals surface area contributed by atoms with E-state index in [1.807, 2.05) is 0 Å². The predicted molar refractivity (Wildman–Crippen MR) is 48.8 cm³/mol. The van der Waals surface area contributed by atoms with Crippen molar-refractivity contribution in [2.45, 2.75) is 38.8 Å². The van der Waals surface area contributed by atoms with Gasteiger partial charge >= 0.3 is 0 Å². The maximum atomic E-state index is 3.51. The average molecular weight is 156 g/mol. The Morgan fingerprint density at radius 3 is 2.64 bits per heavy atom. The zero-order chi connectivity index (χ0) is 8.48. The van der Waals surface area contributed by atoms with E-state index in [4.69, 9.17) is 0 Å². The lowest BCUT2D eigenvalue weighted by Gasteiger charge is -2.47. The number of nitrogens with zero attached hydrogens (tertiary/aromatic N) is 1. The second-order valence-corrected chi connectivity index (χ2v) is 3.81. The Kier molecular flexibility index (Phi) is 2.55. The van der Waals surface area contributed by atoms with E-state index in [1.165, 1.54) is 13.0 Å². The zero-order valence-electron chi connectivity index (χ0n) is 8.15. The van der Waals surface area contributed by atoms with Crippen LogP contribution >= 0.6 is 0 Å². The van der Waals surface area contributed by atoms with Crippen LogP contribution in [0.5, 0.6) is 0 Å². The number of nitrogens with one attached hydrogen (secondary N) is 1. The quantitative estimate of drug-likeness (QED) is 0.611. The lowest BCUT2D eigenvalue weighted by atomic mass is 9.87. The summed E-state index contributed by atoms with van der Waals surface area (Å²) in [6, 6.07) is 0.617. The van der Waals surface area contributed by atoms with Crippen molar-refractivity contribution in [2.24, 2.45) is 0 Å². The second kappa shape index (κ2) is 3.11. The molecule has 2 heteroatoms. The first-order valence-electron chi connectivity index (χ1n) is 4.56. The molecule has 0 amide bonds. The summed E-state index contributed by atoms with van der Waals surface area (Å²) in [7, 11) is 2.22. The van der Waals surface area contributed by atoms with E-state index >= 15 is 0 Å². The maximum Gasteiger partial charge on any atom is 0.0326 e. The van der Waals surface area contributed by atoms with Gasteiger partial charge in [0, 0.05) is 24.7 Å². The van der Waals surface area contributed by atoms with Gasteiger partial charge in [-0.1, -0.05) is 6.92 Å². The highest BCUT2D eigenvalue weighted by atomic mass is 15.2. The molecule has 66 valence electrons. The van der Waals surface area contributed by atoms with Gasteiger partial charge in [0.05, 0.1) is 0 Å². The molecule has 1 saturated heterocycles. The number of hydrogen-bond donors (Lipinski definition) is 1. The third-order valence-corrected chi connectivity index (χ3v) is 3.42. The van der Waals surface area contributed by atoms with Crippen LogP contribution < -0.4 is 5.32 Å². The molecule has 0 aromatic rings. The number of rotatable bonds is 1. The van der Waals surface area contributed by atoms with E-state index in [1.54, 1.807) is 0 Å². The molecule has 0 spiro atoms. The fourth-order valence-corrected chi connectivity index (χ4v) is 1.83. The van der Waals surface area contributed by atoms with E-state index in [-0.39, 0.29) is 0 Å². The summed E-state index contributed by atoms with van der Waals surface area (Å²) in [5.41, 5.74) is 0.359. The maximum absolute atomic E-state index is 3.51. The minimum atomic E-state index is 0.359. The molecule has 0 aromatic heterocycles. The molecule has 2 unspecified atom stereocenters. The Balaban J connectivity index is 2.69. The smallest absolute Gasteiger partial charge is 0.0326 e. The van der Waals surface area contributed by atoms with E-state index in [2.05, 4.69) is 38.0 Å². The van der Waals surface area contributed by atoms with Crippen molar-refractivity contribution in [3.63, 3.8) is 0 Å². The highest BCUT2D eigenvalue weighted by molar-refractivity contribution is 4.95. The molecule has 1 heterocycles. The summed E-state index contributed by atoms with van der Waals surface area (Å²) in [5.74, 6) is 0. The molecule has 1 aliphatic rings. The van der Waals surface area contributed by atoms with E-state index in [0.717, 1.165) is 6.54 Å². The molecule has 0 radical (unpaired) electrons. The average Bonchev–Trinajstić information content (AvgIpc) is 2.00. The fraction of sp³-hybridized carbons (Fsp3) is 1.00. The van der Waals surface area contributed by atoms with Gasteiger partial charge in [-0.05, 0) is 27.3 Å². The first-order chi connectivity index (χ1) is 5.11. The van der Waals surface area contributed by atoms with Crippen molar-refractivity contribution in [2.75, 3.05) is 20.1 Å². The topological polar surface area (TPSA) is 15.3 Å². The molecular formula is C9H20N2. The predicted octanol–water partition coefficient (Wildman–Crippen LogP) is 1.08. The lowest BCUT2D eigenvalue weighted by Crippen LogP contribution is -2.62. The van der Waals surface area contributed by atoms with Crippen LogP contribution in [0.3, 0.4) is 0 Å². The molecule has 0 aliphatic carbocycles. The minimum absolute atomic E-state index is 0.359. The summed E-state index contributed by atoms with van der Waals surface area (Å²) < 4.78 is 0. The van der Waals surface area contributed by atoms with Crippen molar-refractivity contribution in [1.29, 1.82) is 0 Å². The van der Waals surface area contributed by atoms with Crippen LogP contribution in [0.25, 0.3) is 0 Å². The SMILES string of the molecule is CCC1(C)C(C)NCCN1C. The van der Waals surface area contributed by atoms with Gasteiger partial charge < -0.3 is 5.32 Å². The van der Waals surface area contributed by atoms with Crippen molar-refractivity contribution in [1.82, 2.24) is 10.2 Å². The summed E-state index contributed by atoms with van der Waals surface area (Å²) >= 11 is 0. The molecular weight excluding hydrogens is 136 g/mol. The third-order valence-electron chi connectivity index (χ3n) is 3.42. The molecule has 1 fully saturated rings. The van der Waals surface area contributed by atoms with Crippen LogP contribution in [-0.4, -0.2) is 36.6 Å². The first kappa shape index (κ1) is 9.01. The standard InChI is InChI=1S/C9H20N2/c1-5-9(3)8(2)10-6-7-11(9)4/h8,10H,5-7H2,1-4H3. The lowest BCUT2D eigenvalue weighted by molar-refractivity contribution is 0.0618. The molecule has 2 nitrogen and oxygen atoms in total. The fourth-order valence-electron chi connectivity index (χ4n) is 1.83. The Labute approximate surface area is 70.0 Å². The summed E-state index contributed by atoms with van der Waals surface area (Å²) in [6.07, 6.45) is 1.22. The molecule has 1 rings (SSSR count). The monoisotopic (exact) mass is 156 g/mol. The number of hydrogen-bond acceptors (Lipinski definition) is 2. The highest BCUT2D eigenvalue weighted by Gasteiger charge is 2.35. The Hall–Kier alpha value is -0.0800. The Morgan fingerprint density at radius 1 is 1.64 bits per heavy atom. The van der Waals surface area contributed by atoms with Crippen molar-refractivity contribution in [3.05, 3.63) is 0 Å². The number of piperazine rings is 1. The normalized spacial score (nSPS) is 40.9. The summed E-state index contributed by atoms with van der Waals surface area (Å²) in [4.78, 5) is 2.47. The van der Waals surface area contributed by atoms with Gasteiger partial charge in [0.1, 0.15) is 0 Å². The first-order valence-corrected chi connectivity index (χ1v) is 4.56. The van der Waals surface area contributed by atoms with Crippen LogP contribution in [-0.2, 0) is 0 Å². The molecule has 1 aliphatic heterocycles. The highest BCUT2D eigenvalue weighted by Crippen LogP contribution is 2.24. The van der Waals surface area contributed by atoms with Crippen molar-refractivity contribution < 1.29 is 0 Å². The zero-order valence-corrected chi connectivity index (χ0v) is 8.15. The van der Waals surface area contributed by atoms with Gasteiger partial charge in [-0.15, -0.1) is 0 Å². The molecule has 0 aromatic carbocycles. The van der Waals surface area contributed by atoms with Crippen molar-refractivity contribution >= 4 is 0 Å². The van der Waals surface area contributed by atoms with Gasteiger partial charge in [0.25, 0.3) is 0 Å².